The molecule has 158 valence electrons. The van der Waals surface area contributed by atoms with Crippen molar-refractivity contribution in [1.29, 1.82) is 5.26 Å². The minimum absolute atomic E-state index is 0.00774. The summed E-state index contributed by atoms with van der Waals surface area (Å²) in [6, 6.07) is 13.5. The van der Waals surface area contributed by atoms with Gasteiger partial charge in [-0.15, -0.1) is 0 Å². The normalized spacial score (nSPS) is 17.2. The molecule has 1 aliphatic rings. The van der Waals surface area contributed by atoms with E-state index in [-0.39, 0.29) is 23.1 Å². The summed E-state index contributed by atoms with van der Waals surface area (Å²) in [5.41, 5.74) is 1.47. The Balaban J connectivity index is 1.74. The number of anilines is 1. The summed E-state index contributed by atoms with van der Waals surface area (Å²) in [5, 5.41) is 11.9. The van der Waals surface area contributed by atoms with E-state index in [1.54, 1.807) is 30.3 Å². The molecule has 0 saturated carbocycles. The Labute approximate surface area is 181 Å². The first-order valence-electron chi connectivity index (χ1n) is 9.45. The molecule has 2 aromatic rings. The first-order chi connectivity index (χ1) is 14.3. The van der Waals surface area contributed by atoms with Crippen LogP contribution in [0.1, 0.15) is 18.4 Å². The van der Waals surface area contributed by atoms with Gasteiger partial charge in [0.2, 0.25) is 15.9 Å². The lowest BCUT2D eigenvalue weighted by atomic mass is 9.98. The number of carbonyl (C=O) groups is 1. The molecule has 1 amide bonds. The average molecular weight is 448 g/mol. The number of hydrogen-bond donors (Lipinski definition) is 1. The Morgan fingerprint density at radius 3 is 2.70 bits per heavy atom. The maximum Gasteiger partial charge on any atom is 0.246 e. The smallest absolute Gasteiger partial charge is 0.246 e. The van der Waals surface area contributed by atoms with Crippen molar-refractivity contribution in [2.45, 2.75) is 24.2 Å². The molecular weight excluding hydrogens is 426 g/mol. The van der Waals surface area contributed by atoms with Gasteiger partial charge in [-0.1, -0.05) is 23.7 Å². The molecule has 3 rings (SSSR count). The molecule has 0 unspecified atom stereocenters. The molecular formula is C21H22ClN3O4S. The first kappa shape index (κ1) is 22.1. The topological polar surface area (TPSA) is 99.5 Å². The first-order valence-corrected chi connectivity index (χ1v) is 11.3. The van der Waals surface area contributed by atoms with E-state index in [1.165, 1.54) is 23.5 Å². The standard InChI is InChI=1S/C21H22ClN3O4S/c1-29-19-9-6-17(22)13-20(19)30(27,28)25-12-2-3-16(14-25)21(26)24-18-7-4-15(5-8-18)10-11-23/h4-9,13,16H,2-3,10,12,14H2,1H3,(H,24,26)/t16-/m1/s1. The van der Waals surface area contributed by atoms with Gasteiger partial charge in [0.25, 0.3) is 0 Å². The van der Waals surface area contributed by atoms with Gasteiger partial charge in [-0.25, -0.2) is 8.42 Å². The second-order valence-corrected chi connectivity index (χ2v) is 9.36. The predicted molar refractivity (Wildman–Crippen MR) is 114 cm³/mol. The number of rotatable bonds is 6. The van der Waals surface area contributed by atoms with Crippen LogP contribution in [0.5, 0.6) is 5.75 Å². The maximum absolute atomic E-state index is 13.2. The maximum atomic E-state index is 13.2. The predicted octanol–water partition coefficient (Wildman–Crippen LogP) is 3.45. The van der Waals surface area contributed by atoms with Gasteiger partial charge in [0.1, 0.15) is 10.6 Å². The number of hydrogen-bond acceptors (Lipinski definition) is 5. The minimum Gasteiger partial charge on any atom is -0.495 e. The number of sulfonamides is 1. The Morgan fingerprint density at radius 1 is 1.30 bits per heavy atom. The summed E-state index contributed by atoms with van der Waals surface area (Å²) in [4.78, 5) is 12.7. The van der Waals surface area contributed by atoms with Crippen molar-refractivity contribution in [3.8, 4) is 11.8 Å². The van der Waals surface area contributed by atoms with Crippen molar-refractivity contribution in [3.63, 3.8) is 0 Å². The highest BCUT2D eigenvalue weighted by Gasteiger charge is 2.35. The van der Waals surface area contributed by atoms with E-state index in [2.05, 4.69) is 11.4 Å². The van der Waals surface area contributed by atoms with Crippen molar-refractivity contribution >= 4 is 33.2 Å². The van der Waals surface area contributed by atoms with Crippen LogP contribution in [0, 0.1) is 17.2 Å². The Hall–Kier alpha value is -2.60. The lowest BCUT2D eigenvalue weighted by molar-refractivity contribution is -0.120. The number of nitrogens with zero attached hydrogens (tertiary/aromatic N) is 2. The van der Waals surface area contributed by atoms with E-state index >= 15 is 0 Å². The van der Waals surface area contributed by atoms with Crippen LogP contribution in [-0.2, 0) is 21.2 Å². The van der Waals surface area contributed by atoms with E-state index in [9.17, 15) is 13.2 Å². The highest BCUT2D eigenvalue weighted by Crippen LogP contribution is 2.32. The van der Waals surface area contributed by atoms with Gasteiger partial charge in [0, 0.05) is 23.8 Å². The van der Waals surface area contributed by atoms with Crippen LogP contribution in [0.3, 0.4) is 0 Å². The van der Waals surface area contributed by atoms with Crippen LogP contribution >= 0.6 is 11.6 Å². The third-order valence-corrected chi connectivity index (χ3v) is 7.12. The fraction of sp³-hybridized carbons (Fsp3) is 0.333. The van der Waals surface area contributed by atoms with Crippen LogP contribution in [0.2, 0.25) is 5.02 Å². The van der Waals surface area contributed by atoms with Crippen molar-refractivity contribution in [2.75, 3.05) is 25.5 Å². The summed E-state index contributed by atoms with van der Waals surface area (Å²) in [7, 11) is -2.47. The molecule has 0 radical (unpaired) electrons. The highest BCUT2D eigenvalue weighted by atomic mass is 35.5. The van der Waals surface area contributed by atoms with E-state index < -0.39 is 15.9 Å². The number of halogens is 1. The lowest BCUT2D eigenvalue weighted by Crippen LogP contribution is -2.43. The minimum atomic E-state index is -3.87. The zero-order chi connectivity index (χ0) is 21.7. The molecule has 1 N–H and O–H groups in total. The molecule has 0 aliphatic carbocycles. The SMILES string of the molecule is COc1ccc(Cl)cc1S(=O)(=O)N1CCC[C@@H](C(=O)Nc2ccc(CC#N)cc2)C1. The van der Waals surface area contributed by atoms with Gasteiger partial charge in [-0.05, 0) is 48.7 Å². The van der Waals surface area contributed by atoms with Crippen molar-refractivity contribution in [2.24, 2.45) is 5.92 Å². The van der Waals surface area contributed by atoms with Gasteiger partial charge in [0.15, 0.2) is 0 Å². The molecule has 0 spiro atoms. The third-order valence-electron chi connectivity index (χ3n) is 5.00. The summed E-state index contributed by atoms with van der Waals surface area (Å²) < 4.78 is 32.9. The number of benzene rings is 2. The summed E-state index contributed by atoms with van der Waals surface area (Å²) in [6.07, 6.45) is 1.47. The molecule has 1 atom stereocenters. The summed E-state index contributed by atoms with van der Waals surface area (Å²) >= 11 is 6.00. The molecule has 7 nitrogen and oxygen atoms in total. The monoisotopic (exact) mass is 447 g/mol. The lowest BCUT2D eigenvalue weighted by Gasteiger charge is -2.31. The number of ether oxygens (including phenoxy) is 1. The average Bonchev–Trinajstić information content (AvgIpc) is 2.75. The second kappa shape index (κ2) is 9.47. The van der Waals surface area contributed by atoms with E-state index in [0.29, 0.717) is 36.5 Å². The van der Waals surface area contributed by atoms with Gasteiger partial charge in [0.05, 0.1) is 25.5 Å². The van der Waals surface area contributed by atoms with Crippen LogP contribution in [-0.4, -0.2) is 38.8 Å². The van der Waals surface area contributed by atoms with Crippen LogP contribution in [0.15, 0.2) is 47.4 Å². The van der Waals surface area contributed by atoms with Gasteiger partial charge >= 0.3 is 0 Å². The van der Waals surface area contributed by atoms with E-state index in [0.717, 1.165) is 5.56 Å². The van der Waals surface area contributed by atoms with Crippen molar-refractivity contribution in [1.82, 2.24) is 4.31 Å². The molecule has 1 saturated heterocycles. The second-order valence-electron chi connectivity index (χ2n) is 7.02. The number of piperidine rings is 1. The van der Waals surface area contributed by atoms with Gasteiger partial charge in [-0.2, -0.15) is 9.57 Å². The van der Waals surface area contributed by atoms with Crippen molar-refractivity contribution in [3.05, 3.63) is 53.1 Å². The number of methoxy groups -OCH3 is 1. The molecule has 1 aliphatic heterocycles. The van der Waals surface area contributed by atoms with Crippen LogP contribution < -0.4 is 10.1 Å². The summed E-state index contributed by atoms with van der Waals surface area (Å²) in [6.45, 7) is 0.404. The Kier molecular flexibility index (Phi) is 6.98. The van der Waals surface area contributed by atoms with Crippen molar-refractivity contribution < 1.29 is 17.9 Å². The molecule has 30 heavy (non-hydrogen) atoms. The molecule has 0 aromatic heterocycles. The van der Waals surface area contributed by atoms with Gasteiger partial charge < -0.3 is 10.1 Å². The van der Waals surface area contributed by atoms with Crippen LogP contribution in [0.25, 0.3) is 0 Å². The summed E-state index contributed by atoms with van der Waals surface area (Å²) in [5.74, 6) is -0.498. The molecule has 9 heteroatoms. The number of nitrogens with one attached hydrogen (secondary N) is 1. The highest BCUT2D eigenvalue weighted by molar-refractivity contribution is 7.89. The van der Waals surface area contributed by atoms with Crippen LogP contribution in [0.4, 0.5) is 5.69 Å². The fourth-order valence-corrected chi connectivity index (χ4v) is 5.35. The zero-order valence-corrected chi connectivity index (χ0v) is 18.0. The number of carbonyl (C=O) groups excluding carboxylic acids is 1. The molecule has 2 aromatic carbocycles. The zero-order valence-electron chi connectivity index (χ0n) is 16.5. The molecule has 1 heterocycles. The largest absolute Gasteiger partial charge is 0.495 e. The Morgan fingerprint density at radius 2 is 2.03 bits per heavy atom. The third kappa shape index (κ3) is 4.93. The number of amides is 1. The van der Waals surface area contributed by atoms with Gasteiger partial charge in [-0.3, -0.25) is 4.79 Å². The quantitative estimate of drug-likeness (QED) is 0.731. The Bertz CT molecular complexity index is 1060. The fourth-order valence-electron chi connectivity index (χ4n) is 3.41. The molecule has 0 bridgehead atoms. The van der Waals surface area contributed by atoms with E-state index in [1.807, 2.05) is 0 Å². The van der Waals surface area contributed by atoms with E-state index in [4.69, 9.17) is 21.6 Å². The number of nitriles is 1. The molecule has 1 fully saturated rings.